The fourth-order valence-electron chi connectivity index (χ4n) is 1.49. The van der Waals surface area contributed by atoms with Gasteiger partial charge in [-0.3, -0.25) is 0 Å². The zero-order valence-electron chi connectivity index (χ0n) is 10.0. The van der Waals surface area contributed by atoms with Crippen molar-refractivity contribution in [1.82, 2.24) is 5.32 Å². The second-order valence-corrected chi connectivity index (χ2v) is 6.04. The number of halogens is 1. The summed E-state index contributed by atoms with van der Waals surface area (Å²) in [6, 6.07) is 2.21. The van der Waals surface area contributed by atoms with E-state index in [1.54, 1.807) is 7.11 Å². The van der Waals surface area contributed by atoms with Crippen LogP contribution < -0.4 is 5.32 Å². The lowest BCUT2D eigenvalue weighted by molar-refractivity contribution is 0.192. The normalized spacial score (nSPS) is 10.9. The van der Waals surface area contributed by atoms with Gasteiger partial charge in [0.25, 0.3) is 0 Å². The molecule has 0 spiro atoms. The maximum absolute atomic E-state index is 5.01. The standard InChI is InChI=1S/C12H20BrNOS/c1-10-12(13)8-11(16-10)9-14-6-4-3-5-7-15-2/h8,14H,3-7,9H2,1-2H3. The fraction of sp³-hybridized carbons (Fsp3) is 0.667. The molecule has 0 aliphatic rings. The van der Waals surface area contributed by atoms with Gasteiger partial charge < -0.3 is 10.1 Å². The minimum absolute atomic E-state index is 0.886. The zero-order valence-corrected chi connectivity index (χ0v) is 12.4. The summed E-state index contributed by atoms with van der Waals surface area (Å²) in [4.78, 5) is 2.76. The lowest BCUT2D eigenvalue weighted by atomic mass is 10.2. The Labute approximate surface area is 111 Å². The van der Waals surface area contributed by atoms with Gasteiger partial charge in [-0.25, -0.2) is 0 Å². The Balaban J connectivity index is 2.03. The molecule has 0 unspecified atom stereocenters. The van der Waals surface area contributed by atoms with Crippen LogP contribution in [-0.2, 0) is 11.3 Å². The summed E-state index contributed by atoms with van der Waals surface area (Å²) in [6.45, 7) is 5.11. The fourth-order valence-corrected chi connectivity index (χ4v) is 3.06. The summed E-state index contributed by atoms with van der Waals surface area (Å²) in [7, 11) is 1.76. The Morgan fingerprint density at radius 3 is 2.81 bits per heavy atom. The first kappa shape index (κ1) is 14.2. The van der Waals surface area contributed by atoms with Crippen LogP contribution in [0.4, 0.5) is 0 Å². The number of hydrogen-bond acceptors (Lipinski definition) is 3. The van der Waals surface area contributed by atoms with Crippen molar-refractivity contribution in [3.8, 4) is 0 Å². The van der Waals surface area contributed by atoms with E-state index in [0.29, 0.717) is 0 Å². The molecule has 1 aromatic rings. The first-order chi connectivity index (χ1) is 7.74. The largest absolute Gasteiger partial charge is 0.385 e. The van der Waals surface area contributed by atoms with Crippen molar-refractivity contribution < 1.29 is 4.74 Å². The molecule has 0 fully saturated rings. The number of nitrogens with one attached hydrogen (secondary N) is 1. The molecule has 16 heavy (non-hydrogen) atoms. The van der Waals surface area contributed by atoms with Crippen molar-refractivity contribution in [3.05, 3.63) is 20.3 Å². The van der Waals surface area contributed by atoms with Gasteiger partial charge in [-0.2, -0.15) is 0 Å². The minimum Gasteiger partial charge on any atom is -0.385 e. The van der Waals surface area contributed by atoms with E-state index in [9.17, 15) is 0 Å². The lowest BCUT2D eigenvalue weighted by Crippen LogP contribution is -2.13. The first-order valence-corrected chi connectivity index (χ1v) is 7.29. The number of methoxy groups -OCH3 is 1. The Kier molecular flexibility index (Phi) is 7.28. The molecule has 0 amide bonds. The maximum Gasteiger partial charge on any atom is 0.0462 e. The van der Waals surface area contributed by atoms with Gasteiger partial charge in [-0.1, -0.05) is 0 Å². The molecule has 0 aliphatic heterocycles. The number of aryl methyl sites for hydroxylation is 1. The molecule has 0 saturated heterocycles. The highest BCUT2D eigenvalue weighted by molar-refractivity contribution is 9.10. The van der Waals surface area contributed by atoms with Gasteiger partial charge in [0.05, 0.1) is 0 Å². The van der Waals surface area contributed by atoms with E-state index < -0.39 is 0 Å². The third-order valence-electron chi connectivity index (χ3n) is 2.41. The molecule has 1 heterocycles. The summed E-state index contributed by atoms with van der Waals surface area (Å²) in [5.41, 5.74) is 0. The molecular formula is C12H20BrNOS. The molecule has 0 aliphatic carbocycles. The molecule has 1 aromatic heterocycles. The highest BCUT2D eigenvalue weighted by atomic mass is 79.9. The van der Waals surface area contributed by atoms with Crippen LogP contribution >= 0.6 is 27.3 Å². The summed E-state index contributed by atoms with van der Waals surface area (Å²) >= 11 is 5.39. The lowest BCUT2D eigenvalue weighted by Gasteiger charge is -2.02. The van der Waals surface area contributed by atoms with Gasteiger partial charge in [-0.15, -0.1) is 11.3 Å². The molecule has 0 bridgehead atoms. The van der Waals surface area contributed by atoms with E-state index in [4.69, 9.17) is 4.74 Å². The van der Waals surface area contributed by atoms with Crippen LogP contribution in [0.3, 0.4) is 0 Å². The Bertz CT molecular complexity index is 282. The predicted octanol–water partition coefficient (Wildman–Crippen LogP) is 3.73. The van der Waals surface area contributed by atoms with Crippen molar-refractivity contribution >= 4 is 27.3 Å². The third kappa shape index (κ3) is 5.43. The molecular weight excluding hydrogens is 286 g/mol. The summed E-state index contributed by atoms with van der Waals surface area (Å²) < 4.78 is 6.24. The van der Waals surface area contributed by atoms with Crippen LogP contribution in [-0.4, -0.2) is 20.3 Å². The van der Waals surface area contributed by atoms with Gasteiger partial charge in [0, 0.05) is 34.5 Å². The van der Waals surface area contributed by atoms with E-state index in [0.717, 1.165) is 19.7 Å². The molecule has 0 saturated carbocycles. The number of hydrogen-bond donors (Lipinski definition) is 1. The number of unbranched alkanes of at least 4 members (excludes halogenated alkanes) is 2. The predicted molar refractivity (Wildman–Crippen MR) is 74.2 cm³/mol. The molecule has 4 heteroatoms. The number of rotatable bonds is 8. The number of thiophene rings is 1. The van der Waals surface area contributed by atoms with Crippen LogP contribution in [0.25, 0.3) is 0 Å². The molecule has 0 atom stereocenters. The van der Waals surface area contributed by atoms with E-state index in [-0.39, 0.29) is 0 Å². The van der Waals surface area contributed by atoms with E-state index >= 15 is 0 Å². The zero-order chi connectivity index (χ0) is 11.8. The monoisotopic (exact) mass is 305 g/mol. The summed E-state index contributed by atoms with van der Waals surface area (Å²) in [6.07, 6.45) is 3.64. The van der Waals surface area contributed by atoms with E-state index in [1.807, 2.05) is 11.3 Å². The quantitative estimate of drug-likeness (QED) is 0.739. The van der Waals surface area contributed by atoms with Crippen molar-refractivity contribution in [1.29, 1.82) is 0 Å². The van der Waals surface area contributed by atoms with Crippen LogP contribution in [0.15, 0.2) is 10.5 Å². The SMILES string of the molecule is COCCCCCNCc1cc(Br)c(C)s1. The average Bonchev–Trinajstić information content (AvgIpc) is 2.57. The van der Waals surface area contributed by atoms with Crippen molar-refractivity contribution in [2.45, 2.75) is 32.7 Å². The summed E-state index contributed by atoms with van der Waals surface area (Å²) in [5, 5.41) is 3.47. The van der Waals surface area contributed by atoms with E-state index in [2.05, 4.69) is 34.2 Å². The van der Waals surface area contributed by atoms with Crippen molar-refractivity contribution in [2.75, 3.05) is 20.3 Å². The van der Waals surface area contributed by atoms with Gasteiger partial charge in [0.1, 0.15) is 0 Å². The molecule has 0 radical (unpaired) electrons. The highest BCUT2D eigenvalue weighted by Gasteiger charge is 2.01. The molecule has 2 nitrogen and oxygen atoms in total. The molecule has 1 rings (SSSR count). The van der Waals surface area contributed by atoms with E-state index in [1.165, 1.54) is 33.5 Å². The van der Waals surface area contributed by atoms with Gasteiger partial charge in [0.15, 0.2) is 0 Å². The maximum atomic E-state index is 5.01. The highest BCUT2D eigenvalue weighted by Crippen LogP contribution is 2.25. The second kappa shape index (κ2) is 8.23. The van der Waals surface area contributed by atoms with Crippen molar-refractivity contribution in [3.63, 3.8) is 0 Å². The topological polar surface area (TPSA) is 21.3 Å². The first-order valence-electron chi connectivity index (χ1n) is 5.68. The molecule has 92 valence electrons. The van der Waals surface area contributed by atoms with Gasteiger partial charge in [-0.05, 0) is 54.7 Å². The second-order valence-electron chi connectivity index (χ2n) is 3.85. The average molecular weight is 306 g/mol. The van der Waals surface area contributed by atoms with Crippen LogP contribution in [0.5, 0.6) is 0 Å². The Hall–Kier alpha value is 0.1000. The molecule has 0 aromatic carbocycles. The third-order valence-corrected chi connectivity index (χ3v) is 4.55. The Morgan fingerprint density at radius 1 is 1.38 bits per heavy atom. The smallest absolute Gasteiger partial charge is 0.0462 e. The van der Waals surface area contributed by atoms with Crippen molar-refractivity contribution in [2.24, 2.45) is 0 Å². The Morgan fingerprint density at radius 2 is 2.19 bits per heavy atom. The van der Waals surface area contributed by atoms with Crippen LogP contribution in [0, 0.1) is 6.92 Å². The van der Waals surface area contributed by atoms with Crippen LogP contribution in [0.1, 0.15) is 29.0 Å². The minimum atomic E-state index is 0.886. The van der Waals surface area contributed by atoms with Gasteiger partial charge in [0.2, 0.25) is 0 Å². The summed E-state index contributed by atoms with van der Waals surface area (Å²) in [5.74, 6) is 0. The number of ether oxygens (including phenoxy) is 1. The van der Waals surface area contributed by atoms with Gasteiger partial charge >= 0.3 is 0 Å². The van der Waals surface area contributed by atoms with Crippen LogP contribution in [0.2, 0.25) is 0 Å². The molecule has 1 N–H and O–H groups in total.